The van der Waals surface area contributed by atoms with Crippen LogP contribution in [0.5, 0.6) is 0 Å². The lowest BCUT2D eigenvalue weighted by Gasteiger charge is -2.13. The number of rotatable bonds is 3. The van der Waals surface area contributed by atoms with E-state index in [1.165, 1.54) is 0 Å². The van der Waals surface area contributed by atoms with Crippen LogP contribution in [0, 0.1) is 0 Å². The van der Waals surface area contributed by atoms with Crippen molar-refractivity contribution in [2.24, 2.45) is 0 Å². The molecule has 0 spiro atoms. The highest BCUT2D eigenvalue weighted by Gasteiger charge is 2.39. The van der Waals surface area contributed by atoms with Gasteiger partial charge in [0.05, 0.1) is 6.61 Å². The van der Waals surface area contributed by atoms with Gasteiger partial charge in [-0.15, -0.1) is 0 Å². The zero-order valence-corrected chi connectivity index (χ0v) is 7.26. The Hall–Kier alpha value is -0.170. The highest BCUT2D eigenvalue weighted by Crippen LogP contribution is 2.22. The van der Waals surface area contributed by atoms with Gasteiger partial charge in [-0.25, -0.2) is 8.60 Å². The third-order valence-electron chi connectivity index (χ3n) is 0.698. The Labute approximate surface area is 69.6 Å². The van der Waals surface area contributed by atoms with Crippen molar-refractivity contribution in [3.63, 3.8) is 0 Å². The number of hydrogen-bond acceptors (Lipinski definition) is 2. The lowest BCUT2D eigenvalue weighted by atomic mass is 10.2. The summed E-state index contributed by atoms with van der Waals surface area (Å²) in [5.74, 6) is 0. The van der Waals surface area contributed by atoms with Gasteiger partial charge in [0.1, 0.15) is 5.67 Å². The van der Waals surface area contributed by atoms with Gasteiger partial charge in [0, 0.05) is 0 Å². The zero-order chi connectivity index (χ0) is 9.99. The number of alkyl halides is 4. The van der Waals surface area contributed by atoms with E-state index < -0.39 is 28.9 Å². The molecule has 0 radical (unpaired) electrons. The Morgan fingerprint density at radius 3 is 1.92 bits per heavy atom. The van der Waals surface area contributed by atoms with Crippen molar-refractivity contribution in [3.05, 3.63) is 0 Å². The van der Waals surface area contributed by atoms with Gasteiger partial charge in [0.2, 0.25) is 0 Å². The quantitative estimate of drug-likeness (QED) is 0.662. The van der Waals surface area contributed by atoms with Crippen LogP contribution < -0.4 is 0 Å². The fraction of sp³-hybridized carbons (Fsp3) is 1.00. The average molecular weight is 208 g/mol. The van der Waals surface area contributed by atoms with Crippen molar-refractivity contribution < 1.29 is 26.0 Å². The predicted octanol–water partition coefficient (Wildman–Crippen LogP) is 1.93. The van der Waals surface area contributed by atoms with Crippen LogP contribution in [0.2, 0.25) is 0 Å². The van der Waals surface area contributed by atoms with E-state index in [1.54, 1.807) is 0 Å². The molecule has 0 heterocycles. The standard InChI is InChI=1S/C5H8F4O2S/c1-4(2,6)3-11-12(10)5(7,8)9/h3H2,1-2H3. The molecule has 0 saturated carbocycles. The van der Waals surface area contributed by atoms with Gasteiger partial charge >= 0.3 is 5.51 Å². The fourth-order valence-electron chi connectivity index (χ4n) is 0.260. The minimum atomic E-state index is -4.94. The molecular weight excluding hydrogens is 200 g/mol. The lowest BCUT2D eigenvalue weighted by Crippen LogP contribution is -2.26. The summed E-state index contributed by atoms with van der Waals surface area (Å²) in [6, 6.07) is 0. The second kappa shape index (κ2) is 3.69. The van der Waals surface area contributed by atoms with Crippen LogP contribution >= 0.6 is 0 Å². The van der Waals surface area contributed by atoms with Crippen LogP contribution in [-0.2, 0) is 15.3 Å². The molecule has 0 N–H and O–H groups in total. The molecule has 0 aliphatic heterocycles. The molecule has 0 aromatic heterocycles. The molecule has 0 aromatic rings. The van der Waals surface area contributed by atoms with Gasteiger partial charge in [-0.2, -0.15) is 13.2 Å². The monoisotopic (exact) mass is 208 g/mol. The summed E-state index contributed by atoms with van der Waals surface area (Å²) in [7, 11) is 0. The normalized spacial score (nSPS) is 16.2. The van der Waals surface area contributed by atoms with Crippen molar-refractivity contribution in [2.45, 2.75) is 25.0 Å². The SMILES string of the molecule is CC(C)(F)COS(=O)C(F)(F)F. The van der Waals surface area contributed by atoms with Crippen LogP contribution in [-0.4, -0.2) is 22.0 Å². The molecule has 0 bridgehead atoms. The van der Waals surface area contributed by atoms with E-state index in [-0.39, 0.29) is 0 Å². The summed E-state index contributed by atoms with van der Waals surface area (Å²) in [6.07, 6.45) is 0. The van der Waals surface area contributed by atoms with Gasteiger partial charge in [-0.05, 0) is 13.8 Å². The van der Waals surface area contributed by atoms with Crippen LogP contribution in [0.1, 0.15) is 13.8 Å². The molecule has 0 aliphatic rings. The second-order valence-corrected chi connectivity index (χ2v) is 3.83. The first kappa shape index (κ1) is 11.8. The minimum absolute atomic E-state index is 0.848. The molecule has 0 amide bonds. The first-order chi connectivity index (χ1) is 5.13. The lowest BCUT2D eigenvalue weighted by molar-refractivity contribution is -0.0493. The van der Waals surface area contributed by atoms with Crippen molar-refractivity contribution in [2.75, 3.05) is 6.61 Å². The van der Waals surface area contributed by atoms with Gasteiger partial charge in [-0.3, -0.25) is 4.18 Å². The van der Waals surface area contributed by atoms with Gasteiger partial charge in [0.15, 0.2) is 0 Å². The van der Waals surface area contributed by atoms with Crippen molar-refractivity contribution >= 4 is 11.1 Å². The molecule has 0 rings (SSSR count). The van der Waals surface area contributed by atoms with E-state index in [1.807, 2.05) is 0 Å². The maximum absolute atomic E-state index is 12.5. The highest BCUT2D eigenvalue weighted by atomic mass is 32.2. The largest absolute Gasteiger partial charge is 0.497 e. The van der Waals surface area contributed by atoms with Crippen LogP contribution in [0.4, 0.5) is 17.6 Å². The van der Waals surface area contributed by atoms with E-state index in [0.717, 1.165) is 13.8 Å². The first-order valence-electron chi connectivity index (χ1n) is 2.94. The van der Waals surface area contributed by atoms with Crippen LogP contribution in [0.3, 0.4) is 0 Å². The zero-order valence-electron chi connectivity index (χ0n) is 6.44. The summed E-state index contributed by atoms with van der Waals surface area (Å²) in [4.78, 5) is 0. The van der Waals surface area contributed by atoms with Crippen LogP contribution in [0.15, 0.2) is 0 Å². The molecular formula is C5H8F4O2S. The number of hydrogen-bond donors (Lipinski definition) is 0. The molecule has 0 fully saturated rings. The Kier molecular flexibility index (Phi) is 3.64. The topological polar surface area (TPSA) is 26.3 Å². The molecule has 1 unspecified atom stereocenters. The molecule has 1 atom stereocenters. The summed E-state index contributed by atoms with van der Waals surface area (Å²) in [6.45, 7) is 1.21. The maximum atomic E-state index is 12.5. The van der Waals surface area contributed by atoms with Crippen molar-refractivity contribution in [3.8, 4) is 0 Å². The van der Waals surface area contributed by atoms with Crippen molar-refractivity contribution in [1.29, 1.82) is 0 Å². The molecule has 7 heteroatoms. The fourth-order valence-corrected chi connectivity index (χ4v) is 0.781. The smallest absolute Gasteiger partial charge is 0.280 e. The van der Waals surface area contributed by atoms with E-state index in [2.05, 4.69) is 4.18 Å². The van der Waals surface area contributed by atoms with Gasteiger partial charge < -0.3 is 0 Å². The molecule has 2 nitrogen and oxygen atoms in total. The second-order valence-electron chi connectivity index (χ2n) is 2.66. The predicted molar refractivity (Wildman–Crippen MR) is 35.3 cm³/mol. The maximum Gasteiger partial charge on any atom is 0.497 e. The Bertz CT molecular complexity index is 171. The molecule has 0 aromatic carbocycles. The van der Waals surface area contributed by atoms with E-state index in [0.29, 0.717) is 0 Å². The average Bonchev–Trinajstić information content (AvgIpc) is 1.78. The molecule has 74 valence electrons. The Balaban J connectivity index is 3.90. The Morgan fingerprint density at radius 2 is 1.67 bits per heavy atom. The van der Waals surface area contributed by atoms with Crippen molar-refractivity contribution in [1.82, 2.24) is 0 Å². The van der Waals surface area contributed by atoms with E-state index in [4.69, 9.17) is 0 Å². The summed E-state index contributed by atoms with van der Waals surface area (Å²) in [5, 5.41) is 0. The minimum Gasteiger partial charge on any atom is -0.280 e. The van der Waals surface area contributed by atoms with E-state index in [9.17, 15) is 21.8 Å². The third-order valence-corrected chi connectivity index (χ3v) is 1.41. The molecule has 0 saturated heterocycles. The molecule has 12 heavy (non-hydrogen) atoms. The highest BCUT2D eigenvalue weighted by molar-refractivity contribution is 7.81. The van der Waals surface area contributed by atoms with E-state index >= 15 is 0 Å². The first-order valence-corrected chi connectivity index (χ1v) is 4.01. The third kappa shape index (κ3) is 5.48. The summed E-state index contributed by atoms with van der Waals surface area (Å²) >= 11 is -3.42. The van der Waals surface area contributed by atoms with Gasteiger partial charge in [-0.1, -0.05) is 0 Å². The number of halogens is 4. The summed E-state index contributed by atoms with van der Waals surface area (Å²) < 4.78 is 60.8. The Morgan fingerprint density at radius 1 is 1.25 bits per heavy atom. The summed E-state index contributed by atoms with van der Waals surface area (Å²) in [5.41, 5.74) is -6.86. The van der Waals surface area contributed by atoms with Crippen LogP contribution in [0.25, 0.3) is 0 Å². The molecule has 0 aliphatic carbocycles. The van der Waals surface area contributed by atoms with Gasteiger partial charge in [0.25, 0.3) is 11.1 Å².